The fourth-order valence-electron chi connectivity index (χ4n) is 5.06. The Kier molecular flexibility index (Phi) is 14.6. The van der Waals surface area contributed by atoms with Crippen LogP contribution in [0.1, 0.15) is 36.1 Å². The molecule has 0 saturated carbocycles. The van der Waals surface area contributed by atoms with Crippen LogP contribution in [0.5, 0.6) is 23.0 Å². The molecular formula is C43H34F6O10. The second kappa shape index (κ2) is 19.4. The van der Waals surface area contributed by atoms with E-state index in [4.69, 9.17) is 28.4 Å². The van der Waals surface area contributed by atoms with Crippen molar-refractivity contribution in [1.82, 2.24) is 0 Å². The van der Waals surface area contributed by atoms with E-state index in [-0.39, 0.29) is 36.2 Å². The largest absolute Gasteiger partial charge is 0.457 e. The Labute approximate surface area is 333 Å². The summed E-state index contributed by atoms with van der Waals surface area (Å²) in [6.07, 6.45) is -7.19. The molecule has 0 aliphatic carbocycles. The number of halogens is 6. The van der Waals surface area contributed by atoms with Gasteiger partial charge < -0.3 is 28.4 Å². The first-order chi connectivity index (χ1) is 27.8. The number of rotatable bonds is 16. The first-order valence-corrected chi connectivity index (χ1v) is 17.1. The maximum absolute atomic E-state index is 14.7. The van der Waals surface area contributed by atoms with E-state index in [1.807, 2.05) is 0 Å². The fraction of sp³-hybridized carbons (Fsp3) is 0.163. The van der Waals surface area contributed by atoms with E-state index >= 15 is 0 Å². The number of carbonyl (C=O) groups is 4. The summed E-state index contributed by atoms with van der Waals surface area (Å²) in [4.78, 5) is 47.7. The van der Waals surface area contributed by atoms with Crippen LogP contribution >= 0.6 is 0 Å². The molecule has 4 rings (SSSR count). The van der Waals surface area contributed by atoms with E-state index in [2.05, 4.69) is 13.2 Å². The Bertz CT molecular complexity index is 2050. The van der Waals surface area contributed by atoms with Crippen LogP contribution in [0.15, 0.2) is 134 Å². The Morgan fingerprint density at radius 1 is 0.508 bits per heavy atom. The Hall–Kier alpha value is -7.10. The summed E-state index contributed by atoms with van der Waals surface area (Å²) < 4.78 is 119. The van der Waals surface area contributed by atoms with Gasteiger partial charge in [-0.1, -0.05) is 61.7 Å². The smallest absolute Gasteiger partial charge is 0.411 e. The number of esters is 4. The third-order valence-corrected chi connectivity index (χ3v) is 7.97. The van der Waals surface area contributed by atoms with Gasteiger partial charge in [0, 0.05) is 23.3 Å². The highest BCUT2D eigenvalue weighted by molar-refractivity contribution is 5.89. The van der Waals surface area contributed by atoms with Crippen molar-refractivity contribution in [2.75, 3.05) is 13.6 Å². The lowest BCUT2D eigenvalue weighted by Crippen LogP contribution is -2.54. The summed E-state index contributed by atoms with van der Waals surface area (Å²) in [6, 6.07) is 17.6. The maximum atomic E-state index is 14.7. The van der Waals surface area contributed by atoms with Crippen LogP contribution in [0.4, 0.5) is 26.3 Å². The summed E-state index contributed by atoms with van der Waals surface area (Å²) >= 11 is 0. The zero-order valence-electron chi connectivity index (χ0n) is 31.2. The van der Waals surface area contributed by atoms with Crippen molar-refractivity contribution in [3.63, 3.8) is 0 Å². The molecule has 0 heterocycles. The Morgan fingerprint density at radius 2 is 0.814 bits per heavy atom. The van der Waals surface area contributed by atoms with Gasteiger partial charge in [-0.25, -0.2) is 19.2 Å². The topological polar surface area (TPSA) is 124 Å². The summed E-state index contributed by atoms with van der Waals surface area (Å²) in [7, 11) is 0. The van der Waals surface area contributed by atoms with Gasteiger partial charge in [0.25, 0.3) is 0 Å². The van der Waals surface area contributed by atoms with Crippen LogP contribution in [0.2, 0.25) is 0 Å². The molecule has 0 bridgehead atoms. The Balaban J connectivity index is 1.41. The van der Waals surface area contributed by atoms with Gasteiger partial charge in [0.05, 0.1) is 0 Å². The SMILES string of the molecule is C=C(C)C(=O)OCOc1ccc(C=CC(=O)Oc2ccc(C(c3ccc(OC(=O)C=Cc4ccc(OCOC(=O)C(=C)C)cc4)cc3)(C(F)(F)F)C(F)(F)F)cc2)cc1. The van der Waals surface area contributed by atoms with E-state index in [0.29, 0.717) is 46.9 Å². The highest BCUT2D eigenvalue weighted by atomic mass is 19.4. The second-order valence-corrected chi connectivity index (χ2v) is 12.4. The van der Waals surface area contributed by atoms with Gasteiger partial charge in [-0.2, -0.15) is 26.3 Å². The second-order valence-electron chi connectivity index (χ2n) is 12.4. The van der Waals surface area contributed by atoms with Crippen molar-refractivity contribution < 1.29 is 73.9 Å². The minimum atomic E-state index is -5.92. The standard InChI is InChI=1S/C43H34F6O10/c1-27(2)39(52)56-25-54-33-15-5-29(6-16-33)9-23-37(50)58-35-19-11-31(12-20-35)41(42(44,45)46,43(47,48)49)32-13-21-36(22-14-32)59-38(51)24-10-30-7-17-34(18-8-30)55-26-57-40(53)28(3)4/h5-24H,1,3,25-26H2,2,4H3. The summed E-state index contributed by atoms with van der Waals surface area (Å²) in [5, 5.41) is 0. The van der Waals surface area contributed by atoms with Crippen LogP contribution < -0.4 is 18.9 Å². The molecule has 0 aliphatic heterocycles. The van der Waals surface area contributed by atoms with E-state index in [9.17, 15) is 45.5 Å². The molecule has 0 N–H and O–H groups in total. The molecule has 10 nitrogen and oxygen atoms in total. The summed E-state index contributed by atoms with van der Waals surface area (Å²) in [5.41, 5.74) is -5.59. The van der Waals surface area contributed by atoms with E-state index in [1.165, 1.54) is 50.3 Å². The summed E-state index contributed by atoms with van der Waals surface area (Å²) in [6.45, 7) is 9.11. The van der Waals surface area contributed by atoms with Gasteiger partial charge >= 0.3 is 36.2 Å². The lowest BCUT2D eigenvalue weighted by atomic mass is 9.73. The van der Waals surface area contributed by atoms with Crippen molar-refractivity contribution in [2.45, 2.75) is 31.6 Å². The van der Waals surface area contributed by atoms with Gasteiger partial charge in [0.15, 0.2) is 0 Å². The molecule has 0 amide bonds. The van der Waals surface area contributed by atoms with Gasteiger partial charge in [-0.15, -0.1) is 0 Å². The summed E-state index contributed by atoms with van der Waals surface area (Å²) in [5.74, 6) is -3.22. The average molecular weight is 825 g/mol. The molecule has 0 atom stereocenters. The molecular weight excluding hydrogens is 790 g/mol. The molecule has 0 unspecified atom stereocenters. The maximum Gasteiger partial charge on any atom is 0.411 e. The number of benzene rings is 4. The molecule has 0 saturated heterocycles. The molecule has 0 radical (unpaired) electrons. The minimum Gasteiger partial charge on any atom is -0.457 e. The average Bonchev–Trinajstić information content (AvgIpc) is 3.17. The number of carbonyl (C=O) groups excluding carboxylic acids is 4. The molecule has 16 heteroatoms. The molecule has 4 aromatic carbocycles. The first kappa shape index (κ1) is 44.6. The lowest BCUT2D eigenvalue weighted by Gasteiger charge is -2.38. The van der Waals surface area contributed by atoms with Crippen molar-refractivity contribution in [1.29, 1.82) is 0 Å². The normalized spacial score (nSPS) is 11.8. The molecule has 0 aromatic heterocycles. The first-order valence-electron chi connectivity index (χ1n) is 17.1. The number of ether oxygens (including phenoxy) is 6. The fourth-order valence-corrected chi connectivity index (χ4v) is 5.06. The number of hydrogen-bond donors (Lipinski definition) is 0. The molecule has 0 aliphatic rings. The van der Waals surface area contributed by atoms with E-state index < -0.39 is 52.8 Å². The van der Waals surface area contributed by atoms with Crippen LogP contribution in [-0.2, 0) is 34.1 Å². The van der Waals surface area contributed by atoms with Crippen LogP contribution in [-0.4, -0.2) is 49.8 Å². The van der Waals surface area contributed by atoms with Crippen LogP contribution in [0, 0.1) is 0 Å². The predicted octanol–water partition coefficient (Wildman–Crippen LogP) is 9.25. The molecule has 308 valence electrons. The van der Waals surface area contributed by atoms with Gasteiger partial charge in [0.1, 0.15) is 23.0 Å². The third kappa shape index (κ3) is 12.0. The molecule has 0 spiro atoms. The third-order valence-electron chi connectivity index (χ3n) is 7.97. The van der Waals surface area contributed by atoms with Crippen molar-refractivity contribution in [2.24, 2.45) is 0 Å². The Morgan fingerprint density at radius 3 is 1.10 bits per heavy atom. The minimum absolute atomic E-state index is 0.194. The van der Waals surface area contributed by atoms with Crippen LogP contribution in [0.25, 0.3) is 12.2 Å². The van der Waals surface area contributed by atoms with Crippen molar-refractivity contribution in [3.05, 3.63) is 156 Å². The van der Waals surface area contributed by atoms with Gasteiger partial charge in [-0.05, 0) is 96.8 Å². The molecule has 59 heavy (non-hydrogen) atoms. The van der Waals surface area contributed by atoms with Crippen molar-refractivity contribution in [3.8, 4) is 23.0 Å². The molecule has 0 fully saturated rings. The quantitative estimate of drug-likeness (QED) is 0.0355. The van der Waals surface area contributed by atoms with Crippen molar-refractivity contribution >= 4 is 36.0 Å². The van der Waals surface area contributed by atoms with Gasteiger partial charge in [-0.3, -0.25) is 0 Å². The highest BCUT2D eigenvalue weighted by Gasteiger charge is 2.72. The highest BCUT2D eigenvalue weighted by Crippen LogP contribution is 2.56. The zero-order valence-corrected chi connectivity index (χ0v) is 31.2. The zero-order chi connectivity index (χ0) is 43.4. The van der Waals surface area contributed by atoms with E-state index in [1.54, 1.807) is 24.3 Å². The lowest BCUT2D eigenvalue weighted by molar-refractivity contribution is -0.288. The predicted molar refractivity (Wildman–Crippen MR) is 201 cm³/mol. The van der Waals surface area contributed by atoms with Gasteiger partial charge in [0.2, 0.25) is 19.0 Å². The van der Waals surface area contributed by atoms with E-state index in [0.717, 1.165) is 36.4 Å². The number of alkyl halides is 6. The van der Waals surface area contributed by atoms with Crippen LogP contribution in [0.3, 0.4) is 0 Å². The monoisotopic (exact) mass is 824 g/mol. The molecule has 4 aromatic rings. The number of hydrogen-bond acceptors (Lipinski definition) is 10.